The van der Waals surface area contributed by atoms with E-state index in [1.165, 1.54) is 0 Å². The number of ether oxygens (including phenoxy) is 1. The van der Waals surface area contributed by atoms with Gasteiger partial charge in [0.1, 0.15) is 0 Å². The first-order valence-electron chi connectivity index (χ1n) is 13.8. The number of hydrogen-bond donors (Lipinski definition) is 2. The van der Waals surface area contributed by atoms with Crippen molar-refractivity contribution in [1.82, 2.24) is 10.2 Å². The third-order valence-electron chi connectivity index (χ3n) is 12.3. The van der Waals surface area contributed by atoms with Crippen LogP contribution in [0.2, 0.25) is 0 Å². The Bertz CT molecular complexity index is 824. The average molecular weight is 510 g/mol. The molecule has 0 aromatic rings. The zero-order valence-corrected chi connectivity index (χ0v) is 27.8. The van der Waals surface area contributed by atoms with Gasteiger partial charge >= 0.3 is 0 Å². The normalized spacial score (nSPS) is 24.7. The molecule has 3 N–H and O–H groups in total. The molecule has 36 heavy (non-hydrogen) atoms. The van der Waals surface area contributed by atoms with Crippen LogP contribution in [-0.2, 0) is 9.53 Å². The molecule has 0 saturated carbocycles. The molecule has 1 aliphatic rings. The van der Waals surface area contributed by atoms with Crippen LogP contribution in [0.3, 0.4) is 0 Å². The van der Waals surface area contributed by atoms with Gasteiger partial charge in [-0.3, -0.25) is 9.69 Å². The van der Waals surface area contributed by atoms with Crippen LogP contribution in [-0.4, -0.2) is 49.7 Å². The van der Waals surface area contributed by atoms with Crippen LogP contribution in [0.15, 0.2) is 0 Å². The number of rotatable bonds is 6. The zero-order chi connectivity index (χ0) is 29.6. The summed E-state index contributed by atoms with van der Waals surface area (Å²) in [5.41, 5.74) is 2.65. The fraction of sp³-hybridized carbons (Fsp3) is 0.968. The average Bonchev–Trinajstić information content (AvgIpc) is 2.56. The van der Waals surface area contributed by atoms with Crippen LogP contribution >= 0.6 is 0 Å². The van der Waals surface area contributed by atoms with Gasteiger partial charge in [-0.25, -0.2) is 0 Å². The van der Waals surface area contributed by atoms with Gasteiger partial charge in [0.2, 0.25) is 5.91 Å². The van der Waals surface area contributed by atoms with Gasteiger partial charge < -0.3 is 15.8 Å². The summed E-state index contributed by atoms with van der Waals surface area (Å²) in [4.78, 5) is 16.7. The Hall–Kier alpha value is -0.650. The van der Waals surface area contributed by atoms with Crippen molar-refractivity contribution in [2.45, 2.75) is 177 Å². The van der Waals surface area contributed by atoms with E-state index >= 15 is 0 Å². The summed E-state index contributed by atoms with van der Waals surface area (Å²) < 4.78 is 6.73. The second kappa shape index (κ2) is 8.42. The predicted molar refractivity (Wildman–Crippen MR) is 155 cm³/mol. The molecule has 0 aromatic heterocycles. The Kier molecular flexibility index (Phi) is 7.81. The van der Waals surface area contributed by atoms with Crippen LogP contribution in [0.4, 0.5) is 0 Å². The lowest BCUT2D eigenvalue weighted by Crippen LogP contribution is -2.85. The summed E-state index contributed by atoms with van der Waals surface area (Å²) in [5, 5.41) is 3.45. The number of nitrogens with zero attached hydrogens (tertiary/aromatic N) is 1. The van der Waals surface area contributed by atoms with Crippen LogP contribution < -0.4 is 11.1 Å². The van der Waals surface area contributed by atoms with Crippen molar-refractivity contribution in [1.29, 1.82) is 0 Å². The van der Waals surface area contributed by atoms with Crippen LogP contribution in [0.1, 0.15) is 138 Å². The van der Waals surface area contributed by atoms with E-state index in [1.54, 1.807) is 0 Å². The van der Waals surface area contributed by atoms with E-state index in [1.807, 2.05) is 6.92 Å². The van der Waals surface area contributed by atoms with Gasteiger partial charge in [-0.1, -0.05) is 48.5 Å². The minimum Gasteiger partial charge on any atom is -0.366 e. The first-order valence-corrected chi connectivity index (χ1v) is 13.8. The Morgan fingerprint density at radius 2 is 1.00 bits per heavy atom. The second-order valence-electron chi connectivity index (χ2n) is 16.9. The van der Waals surface area contributed by atoms with E-state index in [0.29, 0.717) is 0 Å². The van der Waals surface area contributed by atoms with E-state index in [4.69, 9.17) is 10.5 Å². The Morgan fingerprint density at radius 1 is 0.667 bits per heavy atom. The second-order valence-corrected chi connectivity index (χ2v) is 16.9. The molecule has 5 nitrogen and oxygen atoms in total. The molecule has 1 saturated heterocycles. The molecule has 0 aliphatic carbocycles. The van der Waals surface area contributed by atoms with Crippen molar-refractivity contribution >= 4 is 5.91 Å². The van der Waals surface area contributed by atoms with E-state index in [-0.39, 0.29) is 27.8 Å². The Labute approximate surface area is 225 Å². The van der Waals surface area contributed by atoms with E-state index in [9.17, 15) is 4.79 Å². The third-order valence-corrected chi connectivity index (χ3v) is 12.3. The molecule has 1 rings (SSSR count). The van der Waals surface area contributed by atoms with Gasteiger partial charge in [-0.15, -0.1) is 0 Å². The topological polar surface area (TPSA) is 67.6 Å². The monoisotopic (exact) mass is 509 g/mol. The molecular formula is C31H63N3O2. The van der Waals surface area contributed by atoms with E-state index < -0.39 is 33.2 Å². The first kappa shape index (κ1) is 33.4. The number of carbonyl (C=O) groups excluding carboxylic acids is 1. The molecule has 1 unspecified atom stereocenters. The number of morpholine rings is 1. The van der Waals surface area contributed by atoms with Crippen molar-refractivity contribution in [3.63, 3.8) is 0 Å². The SMILES string of the molecule is CC(C)(C)C(C)(C)C(C)(C)C(C)(N)C(=O)NC(C)(C)C(C)(C)N1C(C)(C)C(C)(C)OC(C)(C)C1(C)C. The van der Waals surface area contributed by atoms with Gasteiger partial charge in [0.05, 0.1) is 22.3 Å². The summed E-state index contributed by atoms with van der Waals surface area (Å²) in [6.07, 6.45) is 0. The van der Waals surface area contributed by atoms with Crippen LogP contribution in [0.5, 0.6) is 0 Å². The Balaban J connectivity index is 3.61. The smallest absolute Gasteiger partial charge is 0.240 e. The summed E-state index contributed by atoms with van der Waals surface area (Å²) in [5.74, 6) is -0.120. The van der Waals surface area contributed by atoms with Crippen molar-refractivity contribution in [2.75, 3.05) is 0 Å². The van der Waals surface area contributed by atoms with Crippen LogP contribution in [0.25, 0.3) is 0 Å². The lowest BCUT2D eigenvalue weighted by molar-refractivity contribution is -0.317. The fourth-order valence-electron chi connectivity index (χ4n) is 6.24. The van der Waals surface area contributed by atoms with Gasteiger partial charge in [0.25, 0.3) is 0 Å². The van der Waals surface area contributed by atoms with E-state index in [0.717, 1.165) is 0 Å². The predicted octanol–water partition coefficient (Wildman–Crippen LogP) is 6.92. The summed E-state index contributed by atoms with van der Waals surface area (Å²) in [6, 6.07) is 0. The largest absolute Gasteiger partial charge is 0.366 e. The van der Waals surface area contributed by atoms with Gasteiger partial charge in [0, 0.05) is 16.6 Å². The highest BCUT2D eigenvalue weighted by Gasteiger charge is 2.66. The van der Waals surface area contributed by atoms with Crippen molar-refractivity contribution in [3.8, 4) is 0 Å². The Morgan fingerprint density at radius 3 is 1.31 bits per heavy atom. The summed E-state index contributed by atoms with van der Waals surface area (Å²) >= 11 is 0. The van der Waals surface area contributed by atoms with Gasteiger partial charge in [-0.05, 0) is 106 Å². The molecule has 214 valence electrons. The molecular weight excluding hydrogens is 446 g/mol. The van der Waals surface area contributed by atoms with Crippen molar-refractivity contribution in [2.24, 2.45) is 22.0 Å². The maximum Gasteiger partial charge on any atom is 0.240 e. The highest BCUT2D eigenvalue weighted by molar-refractivity contribution is 5.87. The number of nitrogens with two attached hydrogens (primary N) is 1. The molecule has 1 aliphatic heterocycles. The molecule has 1 amide bonds. The quantitative estimate of drug-likeness (QED) is 0.408. The standard InChI is InChI=1S/C31H63N3O2/c1-22(2,3)23(4,5)24(6,7)31(20,32)21(35)33-25(8,9)26(10,11)34-27(12,13)29(16,17)36-30(18,19)28(34,14)15/h32H2,1-20H3,(H,33,35). The van der Waals surface area contributed by atoms with Gasteiger partial charge in [0.15, 0.2) is 0 Å². The van der Waals surface area contributed by atoms with Crippen LogP contribution in [0, 0.1) is 16.2 Å². The fourth-order valence-corrected chi connectivity index (χ4v) is 6.24. The molecule has 1 atom stereocenters. The minimum absolute atomic E-state index is 0.0365. The maximum atomic E-state index is 14.1. The lowest BCUT2D eigenvalue weighted by atomic mass is 9.49. The van der Waals surface area contributed by atoms with Gasteiger partial charge in [-0.2, -0.15) is 0 Å². The summed E-state index contributed by atoms with van der Waals surface area (Å²) in [7, 11) is 0. The lowest BCUT2D eigenvalue weighted by Gasteiger charge is -2.72. The highest BCUT2D eigenvalue weighted by Crippen LogP contribution is 2.56. The number of hydrogen-bond acceptors (Lipinski definition) is 4. The third kappa shape index (κ3) is 4.47. The molecule has 1 heterocycles. The number of amides is 1. The minimum atomic E-state index is -1.09. The molecule has 0 spiro atoms. The zero-order valence-electron chi connectivity index (χ0n) is 27.8. The van der Waals surface area contributed by atoms with E-state index in [2.05, 4.69) is 142 Å². The number of nitrogens with one attached hydrogen (secondary N) is 1. The molecule has 0 aromatic carbocycles. The molecule has 0 bridgehead atoms. The highest BCUT2D eigenvalue weighted by atomic mass is 16.5. The van der Waals surface area contributed by atoms with Crippen molar-refractivity contribution in [3.05, 3.63) is 0 Å². The first-order chi connectivity index (χ1) is 15.2. The van der Waals surface area contributed by atoms with Crippen molar-refractivity contribution < 1.29 is 9.53 Å². The number of carbonyl (C=O) groups is 1. The molecule has 0 radical (unpaired) electrons. The molecule has 5 heteroatoms. The maximum absolute atomic E-state index is 14.1. The summed E-state index contributed by atoms with van der Waals surface area (Å²) in [6.45, 7) is 43.7. The molecule has 1 fully saturated rings.